The number of rotatable bonds is 3. The van der Waals surface area contributed by atoms with Crippen LogP contribution in [0, 0.1) is 11.8 Å². The van der Waals surface area contributed by atoms with Crippen molar-refractivity contribution in [2.45, 2.75) is 12.8 Å². The third kappa shape index (κ3) is 3.82. The molecule has 2 aromatic heterocycles. The number of hydrogen-bond donors (Lipinski definition) is 1. The highest BCUT2D eigenvalue weighted by molar-refractivity contribution is 5.94. The van der Waals surface area contributed by atoms with Crippen LogP contribution in [0.1, 0.15) is 23.3 Å². The molecule has 0 radical (unpaired) electrons. The van der Waals surface area contributed by atoms with E-state index < -0.39 is 0 Å². The molecule has 2 fully saturated rings. The monoisotopic (exact) mass is 412 g/mol. The third-order valence-corrected chi connectivity index (χ3v) is 6.01. The van der Waals surface area contributed by atoms with Gasteiger partial charge in [-0.25, -0.2) is 4.68 Å². The third-order valence-electron chi connectivity index (χ3n) is 6.01. The highest BCUT2D eigenvalue weighted by Gasteiger charge is 2.32. The maximum Gasteiger partial charge on any atom is 0.272 e. The number of hydrogen-bond acceptors (Lipinski definition) is 4. The SMILES string of the molecule is Cl.O=C(c1cc(-c2ccco2)nn1-c1ccccc1)N1CC[C@@H]2CNC[C@@H]2CC1. The average Bonchev–Trinajstić information content (AvgIpc) is 3.47. The van der Waals surface area contributed by atoms with Crippen molar-refractivity contribution in [1.82, 2.24) is 20.0 Å². The first-order valence-electron chi connectivity index (χ1n) is 9.99. The maximum absolute atomic E-state index is 13.5. The lowest BCUT2D eigenvalue weighted by Crippen LogP contribution is -2.34. The van der Waals surface area contributed by atoms with Gasteiger partial charge in [-0.05, 0) is 62.0 Å². The number of aromatic nitrogens is 2. The van der Waals surface area contributed by atoms with E-state index in [-0.39, 0.29) is 18.3 Å². The second-order valence-corrected chi connectivity index (χ2v) is 7.69. The number of halogens is 1. The summed E-state index contributed by atoms with van der Waals surface area (Å²) < 4.78 is 7.26. The number of carbonyl (C=O) groups is 1. The van der Waals surface area contributed by atoms with Crippen LogP contribution in [0.5, 0.6) is 0 Å². The molecule has 152 valence electrons. The van der Waals surface area contributed by atoms with Crippen LogP contribution >= 0.6 is 12.4 Å². The molecule has 0 spiro atoms. The minimum atomic E-state index is 0. The Morgan fingerprint density at radius 1 is 1.03 bits per heavy atom. The highest BCUT2D eigenvalue weighted by Crippen LogP contribution is 2.29. The zero-order valence-electron chi connectivity index (χ0n) is 16.2. The predicted molar refractivity (Wildman–Crippen MR) is 114 cm³/mol. The first-order chi connectivity index (χ1) is 13.8. The van der Waals surface area contributed by atoms with Crippen LogP contribution in [0.15, 0.2) is 59.2 Å². The number of nitrogens with zero attached hydrogens (tertiary/aromatic N) is 3. The average molecular weight is 413 g/mol. The lowest BCUT2D eigenvalue weighted by molar-refractivity contribution is 0.0749. The summed E-state index contributed by atoms with van der Waals surface area (Å²) in [4.78, 5) is 15.5. The molecule has 7 heteroatoms. The molecule has 2 atom stereocenters. The van der Waals surface area contributed by atoms with Gasteiger partial charge in [0.2, 0.25) is 0 Å². The van der Waals surface area contributed by atoms with E-state index in [1.165, 1.54) is 0 Å². The van der Waals surface area contributed by atoms with Crippen LogP contribution in [0.25, 0.3) is 17.1 Å². The van der Waals surface area contributed by atoms with E-state index in [0.29, 0.717) is 29.0 Å². The maximum atomic E-state index is 13.5. The summed E-state index contributed by atoms with van der Waals surface area (Å²) in [6, 6.07) is 15.4. The summed E-state index contributed by atoms with van der Waals surface area (Å²) in [7, 11) is 0. The van der Waals surface area contributed by atoms with Gasteiger partial charge in [-0.3, -0.25) is 4.79 Å². The molecule has 6 nitrogen and oxygen atoms in total. The van der Waals surface area contributed by atoms with Crippen molar-refractivity contribution in [2.75, 3.05) is 26.2 Å². The molecule has 2 aliphatic rings. The molecule has 0 saturated carbocycles. The first-order valence-corrected chi connectivity index (χ1v) is 9.99. The smallest absolute Gasteiger partial charge is 0.272 e. The Morgan fingerprint density at radius 3 is 2.41 bits per heavy atom. The summed E-state index contributed by atoms with van der Waals surface area (Å²) in [6.45, 7) is 3.77. The van der Waals surface area contributed by atoms with E-state index in [2.05, 4.69) is 10.4 Å². The van der Waals surface area contributed by atoms with Gasteiger partial charge in [-0.1, -0.05) is 18.2 Å². The molecule has 1 N–H and O–H groups in total. The Kier molecular flexibility index (Phi) is 5.74. The Morgan fingerprint density at radius 2 is 1.76 bits per heavy atom. The van der Waals surface area contributed by atoms with Gasteiger partial charge in [-0.2, -0.15) is 5.10 Å². The molecule has 2 saturated heterocycles. The van der Waals surface area contributed by atoms with Crippen molar-refractivity contribution in [2.24, 2.45) is 11.8 Å². The normalized spacial score (nSPS) is 21.3. The number of fused-ring (bicyclic) bond motifs is 1. The minimum Gasteiger partial charge on any atom is -0.463 e. The molecule has 4 heterocycles. The van der Waals surface area contributed by atoms with E-state index in [1.807, 2.05) is 53.4 Å². The number of amides is 1. The van der Waals surface area contributed by atoms with Crippen LogP contribution < -0.4 is 5.32 Å². The Hall–Kier alpha value is -2.57. The molecule has 0 unspecified atom stereocenters. The fourth-order valence-corrected chi connectivity index (χ4v) is 4.43. The summed E-state index contributed by atoms with van der Waals surface area (Å²) in [5.74, 6) is 2.09. The lowest BCUT2D eigenvalue weighted by Gasteiger charge is -2.21. The second kappa shape index (κ2) is 8.43. The summed E-state index contributed by atoms with van der Waals surface area (Å²) in [5, 5.41) is 8.17. The van der Waals surface area contributed by atoms with E-state index in [9.17, 15) is 4.79 Å². The van der Waals surface area contributed by atoms with Gasteiger partial charge in [0.1, 0.15) is 11.4 Å². The highest BCUT2D eigenvalue weighted by atomic mass is 35.5. The zero-order valence-corrected chi connectivity index (χ0v) is 17.0. The molecule has 2 aliphatic heterocycles. The van der Waals surface area contributed by atoms with Crippen molar-refractivity contribution < 1.29 is 9.21 Å². The molecular weight excluding hydrogens is 388 g/mol. The van der Waals surface area contributed by atoms with Gasteiger partial charge in [0.15, 0.2) is 5.76 Å². The number of benzene rings is 1. The fraction of sp³-hybridized carbons (Fsp3) is 0.364. The van der Waals surface area contributed by atoms with E-state index in [1.54, 1.807) is 10.9 Å². The van der Waals surface area contributed by atoms with E-state index >= 15 is 0 Å². The fourth-order valence-electron chi connectivity index (χ4n) is 4.43. The Labute approximate surface area is 176 Å². The number of nitrogens with one attached hydrogen (secondary N) is 1. The van der Waals surface area contributed by atoms with E-state index in [4.69, 9.17) is 4.42 Å². The molecule has 1 amide bonds. The van der Waals surface area contributed by atoms with Crippen molar-refractivity contribution in [3.63, 3.8) is 0 Å². The second-order valence-electron chi connectivity index (χ2n) is 7.69. The lowest BCUT2D eigenvalue weighted by atomic mass is 9.92. The van der Waals surface area contributed by atoms with Gasteiger partial charge >= 0.3 is 0 Å². The molecule has 5 rings (SSSR count). The van der Waals surface area contributed by atoms with Gasteiger partial charge < -0.3 is 14.6 Å². The zero-order chi connectivity index (χ0) is 18.9. The standard InChI is InChI=1S/C22H24N4O2.ClH/c27-22(25-10-8-16-14-23-15-17(16)9-11-25)20-13-19(21-7-4-12-28-21)24-26(20)18-5-2-1-3-6-18;/h1-7,12-13,16-17,23H,8-11,14-15H2;1H/t16-,17+;. The number of likely N-dealkylation sites (tertiary alicyclic amines) is 1. The van der Waals surface area contributed by atoms with Crippen molar-refractivity contribution in [3.05, 3.63) is 60.5 Å². The molecule has 0 aliphatic carbocycles. The summed E-state index contributed by atoms with van der Waals surface area (Å²) in [6.07, 6.45) is 3.75. The van der Waals surface area contributed by atoms with Gasteiger partial charge in [0.25, 0.3) is 5.91 Å². The Balaban J connectivity index is 0.00000205. The van der Waals surface area contributed by atoms with Gasteiger partial charge in [-0.15, -0.1) is 12.4 Å². The van der Waals surface area contributed by atoms with Gasteiger partial charge in [0.05, 0.1) is 12.0 Å². The predicted octanol–water partition coefficient (Wildman–Crippen LogP) is 3.63. The topological polar surface area (TPSA) is 63.3 Å². The van der Waals surface area contributed by atoms with Crippen LogP contribution in [-0.4, -0.2) is 46.8 Å². The Bertz CT molecular complexity index is 941. The van der Waals surface area contributed by atoms with Crippen molar-refractivity contribution >= 4 is 18.3 Å². The molecular formula is C22H25ClN4O2. The minimum absolute atomic E-state index is 0. The van der Waals surface area contributed by atoms with Crippen molar-refractivity contribution in [3.8, 4) is 17.1 Å². The molecule has 29 heavy (non-hydrogen) atoms. The molecule has 0 bridgehead atoms. The summed E-state index contributed by atoms with van der Waals surface area (Å²) in [5.41, 5.74) is 2.13. The van der Waals surface area contributed by atoms with E-state index in [0.717, 1.165) is 44.7 Å². The van der Waals surface area contributed by atoms with Crippen LogP contribution in [-0.2, 0) is 0 Å². The largest absolute Gasteiger partial charge is 0.463 e. The van der Waals surface area contributed by atoms with Crippen molar-refractivity contribution in [1.29, 1.82) is 0 Å². The molecule has 1 aromatic carbocycles. The number of carbonyl (C=O) groups excluding carboxylic acids is 1. The van der Waals surface area contributed by atoms with Gasteiger partial charge in [0, 0.05) is 19.2 Å². The number of furan rings is 1. The quantitative estimate of drug-likeness (QED) is 0.713. The number of para-hydroxylation sites is 1. The first kappa shape index (κ1) is 19.7. The molecule has 3 aromatic rings. The van der Waals surface area contributed by atoms with Crippen LogP contribution in [0.4, 0.5) is 0 Å². The summed E-state index contributed by atoms with van der Waals surface area (Å²) >= 11 is 0. The van der Waals surface area contributed by atoms with Crippen LogP contribution in [0.2, 0.25) is 0 Å². The van der Waals surface area contributed by atoms with Crippen LogP contribution in [0.3, 0.4) is 0 Å².